The molecular formula is C13H22N4. The van der Waals surface area contributed by atoms with Gasteiger partial charge in [0.15, 0.2) is 0 Å². The molecule has 0 bridgehead atoms. The summed E-state index contributed by atoms with van der Waals surface area (Å²) in [7, 11) is 2.03. The van der Waals surface area contributed by atoms with Crippen molar-refractivity contribution in [3.8, 4) is 0 Å². The second kappa shape index (κ2) is 5.45. The Hall–Kier alpha value is -1.16. The summed E-state index contributed by atoms with van der Waals surface area (Å²) in [5.74, 6) is 1.05. The van der Waals surface area contributed by atoms with Gasteiger partial charge in [-0.25, -0.2) is 4.98 Å². The molecule has 94 valence electrons. The van der Waals surface area contributed by atoms with Crippen molar-refractivity contribution in [1.82, 2.24) is 15.3 Å². The quantitative estimate of drug-likeness (QED) is 0.865. The number of nitrogens with one attached hydrogen (secondary N) is 1. The van der Waals surface area contributed by atoms with Gasteiger partial charge in [0.2, 0.25) is 0 Å². The number of hydrogen-bond donors (Lipinski definition) is 1. The van der Waals surface area contributed by atoms with E-state index in [-0.39, 0.29) is 0 Å². The molecule has 1 saturated heterocycles. The van der Waals surface area contributed by atoms with Crippen LogP contribution in [0.2, 0.25) is 0 Å². The Balaban J connectivity index is 2.25. The van der Waals surface area contributed by atoms with Crippen LogP contribution in [0.1, 0.15) is 31.9 Å². The van der Waals surface area contributed by atoms with E-state index >= 15 is 0 Å². The van der Waals surface area contributed by atoms with E-state index in [1.165, 1.54) is 19.3 Å². The van der Waals surface area contributed by atoms with Crippen LogP contribution in [0.25, 0.3) is 0 Å². The van der Waals surface area contributed by atoms with Crippen LogP contribution in [0.5, 0.6) is 0 Å². The van der Waals surface area contributed by atoms with E-state index in [4.69, 9.17) is 0 Å². The molecule has 2 heterocycles. The smallest absolute Gasteiger partial charge is 0.150 e. The van der Waals surface area contributed by atoms with Gasteiger partial charge < -0.3 is 10.2 Å². The predicted octanol–water partition coefficient (Wildman–Crippen LogP) is 1.75. The second-order valence-corrected chi connectivity index (χ2v) is 4.80. The maximum atomic E-state index is 4.50. The van der Waals surface area contributed by atoms with Crippen molar-refractivity contribution in [3.63, 3.8) is 0 Å². The van der Waals surface area contributed by atoms with E-state index in [9.17, 15) is 0 Å². The molecule has 17 heavy (non-hydrogen) atoms. The van der Waals surface area contributed by atoms with Gasteiger partial charge in [0.1, 0.15) is 5.82 Å². The Morgan fingerprint density at radius 1 is 1.35 bits per heavy atom. The maximum Gasteiger partial charge on any atom is 0.150 e. The van der Waals surface area contributed by atoms with E-state index in [1.807, 2.05) is 14.0 Å². The van der Waals surface area contributed by atoms with E-state index < -0.39 is 0 Å². The minimum Gasteiger partial charge on any atom is -0.351 e. The summed E-state index contributed by atoms with van der Waals surface area (Å²) >= 11 is 0. The molecule has 1 aromatic rings. The van der Waals surface area contributed by atoms with Gasteiger partial charge in [-0.2, -0.15) is 0 Å². The van der Waals surface area contributed by atoms with Gasteiger partial charge in [0.25, 0.3) is 0 Å². The van der Waals surface area contributed by atoms with Gasteiger partial charge in [-0.15, -0.1) is 0 Å². The van der Waals surface area contributed by atoms with Crippen LogP contribution in [0.3, 0.4) is 0 Å². The van der Waals surface area contributed by atoms with Crippen LogP contribution in [-0.4, -0.2) is 35.6 Å². The highest BCUT2D eigenvalue weighted by Gasteiger charge is 2.28. The molecule has 4 heteroatoms. The third kappa shape index (κ3) is 2.57. The standard InChI is InChI=1S/C13H22N4/c1-10(14-3)12-6-4-5-9-17(12)13-11(2)15-7-8-16-13/h7-8,10,12,14H,4-6,9H2,1-3H3. The van der Waals surface area contributed by atoms with E-state index in [0.29, 0.717) is 12.1 Å². The molecule has 1 aromatic heterocycles. The Morgan fingerprint density at radius 2 is 2.12 bits per heavy atom. The Bertz CT molecular complexity index is 366. The summed E-state index contributed by atoms with van der Waals surface area (Å²) in [6, 6.07) is 1.01. The molecule has 2 rings (SSSR count). The Kier molecular flexibility index (Phi) is 3.94. The fourth-order valence-electron chi connectivity index (χ4n) is 2.61. The fourth-order valence-corrected chi connectivity index (χ4v) is 2.61. The van der Waals surface area contributed by atoms with Crippen LogP contribution in [0, 0.1) is 6.92 Å². The molecule has 2 unspecified atom stereocenters. The van der Waals surface area contributed by atoms with Gasteiger partial charge in [-0.3, -0.25) is 4.98 Å². The van der Waals surface area contributed by atoms with Crippen molar-refractivity contribution in [1.29, 1.82) is 0 Å². The zero-order valence-electron chi connectivity index (χ0n) is 11.0. The van der Waals surface area contributed by atoms with Crippen LogP contribution in [-0.2, 0) is 0 Å². The summed E-state index contributed by atoms with van der Waals surface area (Å²) in [6.45, 7) is 5.38. The third-order valence-electron chi connectivity index (χ3n) is 3.71. The minimum absolute atomic E-state index is 0.483. The SMILES string of the molecule is CNC(C)C1CCCCN1c1nccnc1C. The average molecular weight is 234 g/mol. The lowest BCUT2D eigenvalue weighted by molar-refractivity contribution is 0.379. The fraction of sp³-hybridized carbons (Fsp3) is 0.692. The summed E-state index contributed by atoms with van der Waals surface area (Å²) in [5.41, 5.74) is 1.03. The largest absolute Gasteiger partial charge is 0.351 e. The average Bonchev–Trinajstić information content (AvgIpc) is 2.38. The molecule has 4 nitrogen and oxygen atoms in total. The highest BCUT2D eigenvalue weighted by atomic mass is 15.2. The van der Waals surface area contributed by atoms with Crippen molar-refractivity contribution < 1.29 is 0 Å². The molecule has 0 radical (unpaired) electrons. The highest BCUT2D eigenvalue weighted by Crippen LogP contribution is 2.26. The number of hydrogen-bond acceptors (Lipinski definition) is 4. The van der Waals surface area contributed by atoms with E-state index in [0.717, 1.165) is 18.1 Å². The molecule has 1 aliphatic heterocycles. The molecular weight excluding hydrogens is 212 g/mol. The first-order chi connectivity index (χ1) is 8.24. The molecule has 1 N–H and O–H groups in total. The van der Waals surface area contributed by atoms with Crippen LogP contribution < -0.4 is 10.2 Å². The maximum absolute atomic E-state index is 4.50. The molecule has 0 saturated carbocycles. The lowest BCUT2D eigenvalue weighted by Crippen LogP contribution is -2.51. The van der Waals surface area contributed by atoms with E-state index in [1.54, 1.807) is 12.4 Å². The molecule has 0 aliphatic carbocycles. The highest BCUT2D eigenvalue weighted by molar-refractivity contribution is 5.44. The zero-order valence-corrected chi connectivity index (χ0v) is 11.0. The predicted molar refractivity (Wildman–Crippen MR) is 70.3 cm³/mol. The topological polar surface area (TPSA) is 41.0 Å². The van der Waals surface area contributed by atoms with Crippen LogP contribution in [0.4, 0.5) is 5.82 Å². The minimum atomic E-state index is 0.483. The van der Waals surface area contributed by atoms with Crippen LogP contribution >= 0.6 is 0 Å². The van der Waals surface area contributed by atoms with E-state index in [2.05, 4.69) is 27.1 Å². The number of aryl methyl sites for hydroxylation is 1. The molecule has 1 aliphatic rings. The van der Waals surface area contributed by atoms with Crippen molar-refractivity contribution in [3.05, 3.63) is 18.1 Å². The van der Waals surface area contributed by atoms with Crippen molar-refractivity contribution in [2.75, 3.05) is 18.5 Å². The molecule has 2 atom stereocenters. The first-order valence-electron chi connectivity index (χ1n) is 6.45. The first kappa shape index (κ1) is 12.3. The lowest BCUT2D eigenvalue weighted by atomic mass is 9.96. The van der Waals surface area contributed by atoms with Gasteiger partial charge >= 0.3 is 0 Å². The van der Waals surface area contributed by atoms with Crippen molar-refractivity contribution >= 4 is 5.82 Å². The summed E-state index contributed by atoms with van der Waals surface area (Å²) in [6.07, 6.45) is 7.35. The summed E-state index contributed by atoms with van der Waals surface area (Å²) < 4.78 is 0. The van der Waals surface area contributed by atoms with Gasteiger partial charge in [-0.1, -0.05) is 0 Å². The number of anilines is 1. The number of likely N-dealkylation sites (N-methyl/N-ethyl adjacent to an activating group) is 1. The van der Waals surface area contributed by atoms with Crippen molar-refractivity contribution in [2.45, 2.75) is 45.2 Å². The number of aromatic nitrogens is 2. The molecule has 0 amide bonds. The molecule has 0 spiro atoms. The molecule has 0 aromatic carbocycles. The lowest BCUT2D eigenvalue weighted by Gasteiger charge is -2.40. The third-order valence-corrected chi connectivity index (χ3v) is 3.71. The van der Waals surface area contributed by atoms with Gasteiger partial charge in [-0.05, 0) is 40.2 Å². The first-order valence-corrected chi connectivity index (χ1v) is 6.45. The van der Waals surface area contributed by atoms with Gasteiger partial charge in [0, 0.05) is 31.0 Å². The Labute approximate surface area is 103 Å². The van der Waals surface area contributed by atoms with Crippen molar-refractivity contribution in [2.24, 2.45) is 0 Å². The summed E-state index contributed by atoms with van der Waals surface area (Å²) in [5, 5.41) is 3.36. The van der Waals surface area contributed by atoms with Gasteiger partial charge in [0.05, 0.1) is 5.69 Å². The number of nitrogens with zero attached hydrogens (tertiary/aromatic N) is 3. The number of rotatable bonds is 3. The summed E-state index contributed by atoms with van der Waals surface area (Å²) in [4.78, 5) is 11.3. The monoisotopic (exact) mass is 234 g/mol. The second-order valence-electron chi connectivity index (χ2n) is 4.80. The molecule has 1 fully saturated rings. The normalized spacial score (nSPS) is 22.5. The Morgan fingerprint density at radius 3 is 2.82 bits per heavy atom. The van der Waals surface area contributed by atoms with Crippen LogP contribution in [0.15, 0.2) is 12.4 Å². The zero-order chi connectivity index (χ0) is 12.3. The number of piperidine rings is 1.